The number of benzene rings is 1. The number of hydrogen-bond acceptors (Lipinski definition) is 4. The molecule has 27 heavy (non-hydrogen) atoms. The zero-order valence-corrected chi connectivity index (χ0v) is 14.9. The van der Waals surface area contributed by atoms with Gasteiger partial charge in [0.15, 0.2) is 5.69 Å². The van der Waals surface area contributed by atoms with E-state index in [4.69, 9.17) is 0 Å². The van der Waals surface area contributed by atoms with E-state index in [9.17, 15) is 14.7 Å². The van der Waals surface area contributed by atoms with E-state index in [-0.39, 0.29) is 18.1 Å². The number of nitrogens with zero attached hydrogens (tertiary/aromatic N) is 5. The summed E-state index contributed by atoms with van der Waals surface area (Å²) in [5.74, 6) is -1.18. The molecule has 0 unspecified atom stereocenters. The van der Waals surface area contributed by atoms with Gasteiger partial charge >= 0.3 is 5.97 Å². The van der Waals surface area contributed by atoms with Crippen LogP contribution in [0.2, 0.25) is 0 Å². The molecule has 138 valence electrons. The van der Waals surface area contributed by atoms with Crippen molar-refractivity contribution in [1.82, 2.24) is 24.5 Å². The third kappa shape index (κ3) is 3.21. The first-order valence-electron chi connectivity index (χ1n) is 8.66. The summed E-state index contributed by atoms with van der Waals surface area (Å²) in [7, 11) is 1.74. The molecule has 0 aliphatic carbocycles. The lowest BCUT2D eigenvalue weighted by Gasteiger charge is -2.27. The number of carboxylic acid groups (broad SMARTS) is 1. The van der Waals surface area contributed by atoms with Crippen molar-refractivity contribution in [3.8, 4) is 0 Å². The van der Waals surface area contributed by atoms with Crippen molar-refractivity contribution in [3.05, 3.63) is 70.8 Å². The van der Waals surface area contributed by atoms with Crippen LogP contribution in [0.1, 0.15) is 37.7 Å². The zero-order chi connectivity index (χ0) is 19.0. The SMILES string of the molecule is Cn1nc(C(=O)O)c2c1CCN(C(=O)c1cccc(Cn3cccn3)c1)C2. The fourth-order valence-corrected chi connectivity index (χ4v) is 3.50. The van der Waals surface area contributed by atoms with Gasteiger partial charge in [0.25, 0.3) is 5.91 Å². The molecule has 8 heteroatoms. The fraction of sp³-hybridized carbons (Fsp3) is 0.263. The van der Waals surface area contributed by atoms with Crippen molar-refractivity contribution >= 4 is 11.9 Å². The van der Waals surface area contributed by atoms with Crippen molar-refractivity contribution in [2.45, 2.75) is 19.5 Å². The second-order valence-electron chi connectivity index (χ2n) is 6.58. The van der Waals surface area contributed by atoms with E-state index in [0.717, 1.165) is 11.3 Å². The van der Waals surface area contributed by atoms with Gasteiger partial charge in [-0.05, 0) is 23.8 Å². The number of carboxylic acids is 1. The van der Waals surface area contributed by atoms with Crippen LogP contribution in [-0.4, -0.2) is 48.0 Å². The molecule has 1 aliphatic rings. The Morgan fingerprint density at radius 2 is 2.11 bits per heavy atom. The summed E-state index contributed by atoms with van der Waals surface area (Å²) in [6.07, 6.45) is 4.18. The van der Waals surface area contributed by atoms with Crippen molar-refractivity contribution in [2.24, 2.45) is 7.05 Å². The Balaban J connectivity index is 1.56. The summed E-state index contributed by atoms with van der Waals surface area (Å²) in [6.45, 7) is 1.38. The lowest BCUT2D eigenvalue weighted by Crippen LogP contribution is -2.36. The number of fused-ring (bicyclic) bond motifs is 1. The molecule has 0 radical (unpaired) electrons. The number of aromatic carboxylic acids is 1. The summed E-state index contributed by atoms with van der Waals surface area (Å²) in [5.41, 5.74) is 3.09. The largest absolute Gasteiger partial charge is 0.476 e. The quantitative estimate of drug-likeness (QED) is 0.757. The van der Waals surface area contributed by atoms with Gasteiger partial charge in [-0.3, -0.25) is 14.2 Å². The van der Waals surface area contributed by atoms with Crippen LogP contribution < -0.4 is 0 Å². The first kappa shape index (κ1) is 17.0. The Bertz CT molecular complexity index is 1010. The maximum Gasteiger partial charge on any atom is 0.356 e. The summed E-state index contributed by atoms with van der Waals surface area (Å²) in [4.78, 5) is 26.1. The Hall–Kier alpha value is -3.42. The van der Waals surface area contributed by atoms with Crippen LogP contribution in [0.5, 0.6) is 0 Å². The molecule has 0 fully saturated rings. The van der Waals surface area contributed by atoms with Gasteiger partial charge in [-0.1, -0.05) is 12.1 Å². The van der Waals surface area contributed by atoms with Crippen LogP contribution in [0.15, 0.2) is 42.7 Å². The lowest BCUT2D eigenvalue weighted by atomic mass is 10.0. The molecule has 1 N–H and O–H groups in total. The summed E-state index contributed by atoms with van der Waals surface area (Å²) in [5, 5.41) is 17.6. The van der Waals surface area contributed by atoms with Crippen LogP contribution >= 0.6 is 0 Å². The molecule has 8 nitrogen and oxygen atoms in total. The van der Waals surface area contributed by atoms with Crippen LogP contribution in [-0.2, 0) is 26.6 Å². The normalized spacial score (nSPS) is 13.4. The third-order valence-corrected chi connectivity index (χ3v) is 4.81. The first-order chi connectivity index (χ1) is 13.0. The van der Waals surface area contributed by atoms with Crippen LogP contribution in [0.25, 0.3) is 0 Å². The van der Waals surface area contributed by atoms with E-state index in [1.807, 2.05) is 30.5 Å². The minimum atomic E-state index is -1.07. The molecule has 2 aromatic heterocycles. The Morgan fingerprint density at radius 3 is 2.85 bits per heavy atom. The fourth-order valence-electron chi connectivity index (χ4n) is 3.50. The predicted octanol–water partition coefficient (Wildman–Crippen LogP) is 1.56. The highest BCUT2D eigenvalue weighted by Gasteiger charge is 2.29. The van der Waals surface area contributed by atoms with Crippen molar-refractivity contribution in [1.29, 1.82) is 0 Å². The monoisotopic (exact) mass is 365 g/mol. The molecule has 4 rings (SSSR count). The van der Waals surface area contributed by atoms with Gasteiger partial charge < -0.3 is 10.0 Å². The molecule has 1 aromatic carbocycles. The van der Waals surface area contributed by atoms with Crippen LogP contribution in [0.4, 0.5) is 0 Å². The van der Waals surface area contributed by atoms with Crippen molar-refractivity contribution in [3.63, 3.8) is 0 Å². The third-order valence-electron chi connectivity index (χ3n) is 4.81. The number of amides is 1. The van der Waals surface area contributed by atoms with E-state index in [1.165, 1.54) is 0 Å². The van der Waals surface area contributed by atoms with E-state index < -0.39 is 5.97 Å². The predicted molar refractivity (Wildman–Crippen MR) is 96.4 cm³/mol. The summed E-state index contributed by atoms with van der Waals surface area (Å²) >= 11 is 0. The standard InChI is InChI=1S/C19H19N5O3/c1-22-16-6-9-23(12-15(16)17(21-22)19(26)27)18(25)14-5-2-4-13(10-14)11-24-8-3-7-20-24/h2-5,7-8,10H,6,9,11-12H2,1H3,(H,26,27). The average Bonchev–Trinajstić information content (AvgIpc) is 3.29. The number of aryl methyl sites for hydroxylation is 1. The van der Waals surface area contributed by atoms with E-state index in [2.05, 4.69) is 10.2 Å². The number of carbonyl (C=O) groups is 2. The number of carbonyl (C=O) groups excluding carboxylic acids is 1. The molecular weight excluding hydrogens is 346 g/mol. The Morgan fingerprint density at radius 1 is 1.26 bits per heavy atom. The molecular formula is C19H19N5O3. The van der Waals surface area contributed by atoms with Crippen LogP contribution in [0, 0.1) is 0 Å². The maximum absolute atomic E-state index is 13.0. The van der Waals surface area contributed by atoms with Gasteiger partial charge in [-0.25, -0.2) is 4.79 Å². The zero-order valence-electron chi connectivity index (χ0n) is 14.9. The topological polar surface area (TPSA) is 93.3 Å². The first-order valence-corrected chi connectivity index (χ1v) is 8.66. The van der Waals surface area contributed by atoms with Crippen molar-refractivity contribution in [2.75, 3.05) is 6.54 Å². The van der Waals surface area contributed by atoms with Gasteiger partial charge in [0.05, 0.1) is 13.1 Å². The molecule has 1 aliphatic heterocycles. The summed E-state index contributed by atoms with van der Waals surface area (Å²) in [6, 6.07) is 9.31. The summed E-state index contributed by atoms with van der Waals surface area (Å²) < 4.78 is 3.40. The number of rotatable bonds is 4. The number of aromatic nitrogens is 4. The molecule has 0 bridgehead atoms. The maximum atomic E-state index is 13.0. The number of hydrogen-bond donors (Lipinski definition) is 1. The molecule has 3 heterocycles. The van der Waals surface area contributed by atoms with Crippen molar-refractivity contribution < 1.29 is 14.7 Å². The van der Waals surface area contributed by atoms with Gasteiger partial charge in [0.2, 0.25) is 0 Å². The highest BCUT2D eigenvalue weighted by Crippen LogP contribution is 2.24. The molecule has 0 saturated heterocycles. The molecule has 3 aromatic rings. The molecule has 0 spiro atoms. The average molecular weight is 365 g/mol. The molecule has 0 atom stereocenters. The van der Waals surface area contributed by atoms with Gasteiger partial charge in [-0.2, -0.15) is 10.2 Å². The Kier molecular flexibility index (Phi) is 4.23. The van der Waals surface area contributed by atoms with E-state index in [0.29, 0.717) is 30.6 Å². The second-order valence-corrected chi connectivity index (χ2v) is 6.58. The highest BCUT2D eigenvalue weighted by atomic mass is 16.4. The second kappa shape index (κ2) is 6.71. The van der Waals surface area contributed by atoms with Gasteiger partial charge in [0, 0.05) is 49.2 Å². The lowest BCUT2D eigenvalue weighted by molar-refractivity contribution is 0.0674. The molecule has 0 saturated carbocycles. The molecule has 1 amide bonds. The highest BCUT2D eigenvalue weighted by molar-refractivity contribution is 5.95. The van der Waals surface area contributed by atoms with Crippen LogP contribution in [0.3, 0.4) is 0 Å². The smallest absolute Gasteiger partial charge is 0.356 e. The minimum absolute atomic E-state index is 0.0254. The van der Waals surface area contributed by atoms with E-state index in [1.54, 1.807) is 33.6 Å². The van der Waals surface area contributed by atoms with Gasteiger partial charge in [0.1, 0.15) is 0 Å². The Labute approximate surface area is 155 Å². The van der Waals surface area contributed by atoms with Gasteiger partial charge in [-0.15, -0.1) is 0 Å². The minimum Gasteiger partial charge on any atom is -0.476 e. The van der Waals surface area contributed by atoms with E-state index >= 15 is 0 Å².